The molecule has 2 rings (SSSR count). The van der Waals surface area contributed by atoms with Gasteiger partial charge in [0.2, 0.25) is 0 Å². The van der Waals surface area contributed by atoms with Crippen LogP contribution in [-0.2, 0) is 6.61 Å². The van der Waals surface area contributed by atoms with Crippen molar-refractivity contribution in [3.05, 3.63) is 45.9 Å². The Morgan fingerprint density at radius 2 is 2.18 bits per heavy atom. The lowest BCUT2D eigenvalue weighted by molar-refractivity contribution is 0.0954. The van der Waals surface area contributed by atoms with E-state index in [0.29, 0.717) is 31.0 Å². The second kappa shape index (κ2) is 10.4. The van der Waals surface area contributed by atoms with E-state index in [1.54, 1.807) is 29.5 Å². The first-order chi connectivity index (χ1) is 9.69. The molecule has 22 heavy (non-hydrogen) atoms. The van der Waals surface area contributed by atoms with Crippen molar-refractivity contribution in [2.45, 2.75) is 13.5 Å². The van der Waals surface area contributed by atoms with E-state index in [9.17, 15) is 4.79 Å². The van der Waals surface area contributed by atoms with Gasteiger partial charge in [-0.15, -0.1) is 36.2 Å². The summed E-state index contributed by atoms with van der Waals surface area (Å²) in [6, 6.07) is 7.06. The van der Waals surface area contributed by atoms with E-state index in [1.165, 1.54) is 0 Å². The fourth-order valence-electron chi connectivity index (χ4n) is 1.65. The summed E-state index contributed by atoms with van der Waals surface area (Å²) in [4.78, 5) is 16.1. The number of benzene rings is 1. The Hall–Kier alpha value is -1.34. The average molecular weight is 364 g/mol. The number of nitrogens with two attached hydrogens (primary N) is 1. The first kappa shape index (κ1) is 20.7. The second-order valence-corrected chi connectivity index (χ2v) is 5.28. The van der Waals surface area contributed by atoms with Gasteiger partial charge < -0.3 is 15.8 Å². The summed E-state index contributed by atoms with van der Waals surface area (Å²) in [5.41, 5.74) is 6.81. The SMILES string of the molecule is Cc1nc(COc2cccc(C(=O)NCCN)c2)cs1.Cl.Cl. The standard InChI is InChI=1S/C14H17N3O2S.2ClH/c1-10-17-12(9-20-10)8-19-13-4-2-3-11(7-13)14(18)16-6-5-15;;/h2-4,7,9H,5-6,8,15H2,1H3,(H,16,18);2*1H. The molecule has 0 aliphatic rings. The van der Waals surface area contributed by atoms with Gasteiger partial charge in [-0.3, -0.25) is 4.79 Å². The molecule has 0 bridgehead atoms. The average Bonchev–Trinajstić information content (AvgIpc) is 2.88. The molecule has 0 aliphatic heterocycles. The van der Waals surface area contributed by atoms with Crippen LogP contribution in [0, 0.1) is 6.92 Å². The molecule has 2 aromatic rings. The van der Waals surface area contributed by atoms with E-state index in [2.05, 4.69) is 10.3 Å². The zero-order valence-electron chi connectivity index (χ0n) is 12.1. The Labute approximate surface area is 146 Å². The molecule has 0 aliphatic carbocycles. The summed E-state index contributed by atoms with van der Waals surface area (Å²) in [7, 11) is 0. The molecule has 8 heteroatoms. The normalized spacial score (nSPS) is 9.36. The van der Waals surface area contributed by atoms with Crippen LogP contribution < -0.4 is 15.8 Å². The van der Waals surface area contributed by atoms with Gasteiger partial charge in [0.1, 0.15) is 12.4 Å². The van der Waals surface area contributed by atoms with E-state index in [0.717, 1.165) is 10.7 Å². The molecule has 1 aromatic carbocycles. The van der Waals surface area contributed by atoms with Crippen LogP contribution in [0.5, 0.6) is 5.75 Å². The number of hydrogen-bond donors (Lipinski definition) is 2. The van der Waals surface area contributed by atoms with E-state index in [4.69, 9.17) is 10.5 Å². The number of amides is 1. The minimum Gasteiger partial charge on any atom is -0.487 e. The molecular formula is C14H19Cl2N3O2S. The lowest BCUT2D eigenvalue weighted by atomic mass is 10.2. The fraction of sp³-hybridized carbons (Fsp3) is 0.286. The third kappa shape index (κ3) is 6.19. The molecule has 0 saturated heterocycles. The van der Waals surface area contributed by atoms with E-state index in [-0.39, 0.29) is 30.7 Å². The van der Waals surface area contributed by atoms with E-state index in [1.807, 2.05) is 18.4 Å². The molecule has 122 valence electrons. The Kier molecular flexibility index (Phi) is 9.76. The molecule has 5 nitrogen and oxygen atoms in total. The predicted octanol–water partition coefficient (Wildman–Crippen LogP) is 2.56. The number of thiazole rings is 1. The highest BCUT2D eigenvalue weighted by atomic mass is 35.5. The lowest BCUT2D eigenvalue weighted by Crippen LogP contribution is -2.28. The maximum absolute atomic E-state index is 11.8. The van der Waals surface area contributed by atoms with Gasteiger partial charge in [0.15, 0.2) is 0 Å². The number of nitrogens with one attached hydrogen (secondary N) is 1. The molecule has 0 fully saturated rings. The topological polar surface area (TPSA) is 77.2 Å². The zero-order chi connectivity index (χ0) is 14.4. The summed E-state index contributed by atoms with van der Waals surface area (Å²) in [6.45, 7) is 3.24. The van der Waals surface area contributed by atoms with Gasteiger partial charge in [-0.2, -0.15) is 0 Å². The van der Waals surface area contributed by atoms with Crippen LogP contribution in [-0.4, -0.2) is 24.0 Å². The smallest absolute Gasteiger partial charge is 0.251 e. The number of aryl methyl sites for hydroxylation is 1. The van der Waals surface area contributed by atoms with Crippen molar-refractivity contribution in [1.82, 2.24) is 10.3 Å². The molecule has 1 amide bonds. The maximum atomic E-state index is 11.8. The van der Waals surface area contributed by atoms with Crippen LogP contribution in [0.4, 0.5) is 0 Å². The summed E-state index contributed by atoms with van der Waals surface area (Å²) >= 11 is 1.59. The van der Waals surface area contributed by atoms with E-state index >= 15 is 0 Å². The first-order valence-electron chi connectivity index (χ1n) is 6.31. The maximum Gasteiger partial charge on any atom is 0.251 e. The van der Waals surface area contributed by atoms with Crippen LogP contribution in [0.1, 0.15) is 21.1 Å². The van der Waals surface area contributed by atoms with Gasteiger partial charge in [0.05, 0.1) is 10.7 Å². The third-order valence-electron chi connectivity index (χ3n) is 2.58. The minimum atomic E-state index is -0.148. The largest absolute Gasteiger partial charge is 0.487 e. The lowest BCUT2D eigenvalue weighted by Gasteiger charge is -2.07. The number of hydrogen-bond acceptors (Lipinski definition) is 5. The first-order valence-corrected chi connectivity index (χ1v) is 7.19. The van der Waals surface area contributed by atoms with Gasteiger partial charge >= 0.3 is 0 Å². The van der Waals surface area contributed by atoms with Crippen LogP contribution >= 0.6 is 36.2 Å². The summed E-state index contributed by atoms with van der Waals surface area (Å²) in [5, 5.41) is 5.70. The molecule has 0 saturated carbocycles. The summed E-state index contributed by atoms with van der Waals surface area (Å²) in [6.07, 6.45) is 0. The molecule has 3 N–H and O–H groups in total. The number of carbonyl (C=O) groups excluding carboxylic acids is 1. The quantitative estimate of drug-likeness (QED) is 0.826. The Balaban J connectivity index is 0.00000220. The molecule has 1 heterocycles. The predicted molar refractivity (Wildman–Crippen MR) is 93.5 cm³/mol. The number of carbonyl (C=O) groups is 1. The second-order valence-electron chi connectivity index (χ2n) is 4.22. The molecular weight excluding hydrogens is 345 g/mol. The van der Waals surface area contributed by atoms with Crippen molar-refractivity contribution in [1.29, 1.82) is 0 Å². The fourth-order valence-corrected chi connectivity index (χ4v) is 2.24. The van der Waals surface area contributed by atoms with Gasteiger partial charge in [-0.1, -0.05) is 6.07 Å². The van der Waals surface area contributed by atoms with Crippen molar-refractivity contribution in [2.24, 2.45) is 5.73 Å². The third-order valence-corrected chi connectivity index (χ3v) is 3.40. The highest BCUT2D eigenvalue weighted by Crippen LogP contribution is 2.16. The summed E-state index contributed by atoms with van der Waals surface area (Å²) in [5.74, 6) is 0.501. The minimum absolute atomic E-state index is 0. The molecule has 0 unspecified atom stereocenters. The summed E-state index contributed by atoms with van der Waals surface area (Å²) < 4.78 is 5.64. The number of rotatable bonds is 6. The Bertz CT molecular complexity index is 593. The Morgan fingerprint density at radius 3 is 2.82 bits per heavy atom. The number of ether oxygens (including phenoxy) is 1. The van der Waals surface area contributed by atoms with Gasteiger partial charge in [-0.25, -0.2) is 4.98 Å². The Morgan fingerprint density at radius 1 is 1.41 bits per heavy atom. The molecule has 0 radical (unpaired) electrons. The molecule has 0 spiro atoms. The van der Waals surface area contributed by atoms with Crippen LogP contribution in [0.15, 0.2) is 29.6 Å². The number of aromatic nitrogens is 1. The number of halogens is 2. The van der Waals surface area contributed by atoms with Crippen LogP contribution in [0.3, 0.4) is 0 Å². The van der Waals surface area contributed by atoms with Crippen LogP contribution in [0.25, 0.3) is 0 Å². The van der Waals surface area contributed by atoms with Gasteiger partial charge in [0.25, 0.3) is 5.91 Å². The monoisotopic (exact) mass is 363 g/mol. The van der Waals surface area contributed by atoms with Crippen molar-refractivity contribution in [2.75, 3.05) is 13.1 Å². The van der Waals surface area contributed by atoms with Crippen LogP contribution in [0.2, 0.25) is 0 Å². The van der Waals surface area contributed by atoms with Gasteiger partial charge in [0, 0.05) is 24.0 Å². The molecule has 1 aromatic heterocycles. The molecule has 0 atom stereocenters. The number of nitrogens with zero attached hydrogens (tertiary/aromatic N) is 1. The zero-order valence-corrected chi connectivity index (χ0v) is 14.5. The highest BCUT2D eigenvalue weighted by molar-refractivity contribution is 7.09. The van der Waals surface area contributed by atoms with Crippen molar-refractivity contribution < 1.29 is 9.53 Å². The highest BCUT2D eigenvalue weighted by Gasteiger charge is 2.06. The van der Waals surface area contributed by atoms with Crippen molar-refractivity contribution >= 4 is 42.1 Å². The van der Waals surface area contributed by atoms with E-state index < -0.39 is 0 Å². The van der Waals surface area contributed by atoms with Crippen molar-refractivity contribution in [3.8, 4) is 5.75 Å². The van der Waals surface area contributed by atoms with Crippen molar-refractivity contribution in [3.63, 3.8) is 0 Å². The van der Waals surface area contributed by atoms with Gasteiger partial charge in [-0.05, 0) is 25.1 Å².